The van der Waals surface area contributed by atoms with E-state index in [2.05, 4.69) is 0 Å². The van der Waals surface area contributed by atoms with Crippen LogP contribution in [0.25, 0.3) is 0 Å². The number of hydrogen-bond donors (Lipinski definition) is 0. The first-order valence-electron chi connectivity index (χ1n) is 3.54. The van der Waals surface area contributed by atoms with Gasteiger partial charge >= 0.3 is 0 Å². The molecule has 0 spiro atoms. The predicted octanol–water partition coefficient (Wildman–Crippen LogP) is 1.71. The zero-order valence-corrected chi connectivity index (χ0v) is 7.30. The normalized spacial score (nSPS) is 9.08. The molecule has 68 valence electrons. The Bertz CT molecular complexity index is 357. The molecule has 1 rings (SSSR count). The van der Waals surface area contributed by atoms with E-state index in [-0.39, 0.29) is 11.3 Å². The van der Waals surface area contributed by atoms with Crippen molar-refractivity contribution in [3.8, 4) is 17.6 Å². The van der Waals surface area contributed by atoms with E-state index < -0.39 is 5.82 Å². The van der Waals surface area contributed by atoms with Crippen LogP contribution in [0.4, 0.5) is 4.39 Å². The van der Waals surface area contributed by atoms with Crippen molar-refractivity contribution in [3.05, 3.63) is 23.5 Å². The monoisotopic (exact) mass is 181 g/mol. The van der Waals surface area contributed by atoms with Crippen LogP contribution in [0.5, 0.6) is 11.5 Å². The summed E-state index contributed by atoms with van der Waals surface area (Å²) < 4.78 is 22.6. The Morgan fingerprint density at radius 1 is 1.23 bits per heavy atom. The maximum absolute atomic E-state index is 13.0. The van der Waals surface area contributed by atoms with Gasteiger partial charge in [0.1, 0.15) is 11.8 Å². The van der Waals surface area contributed by atoms with Gasteiger partial charge in [-0.2, -0.15) is 5.26 Å². The van der Waals surface area contributed by atoms with Crippen LogP contribution in [0, 0.1) is 17.1 Å². The van der Waals surface area contributed by atoms with Crippen molar-refractivity contribution in [1.29, 1.82) is 5.26 Å². The van der Waals surface area contributed by atoms with Crippen LogP contribution < -0.4 is 9.47 Å². The molecule has 0 N–H and O–H groups in total. The van der Waals surface area contributed by atoms with Crippen molar-refractivity contribution in [2.75, 3.05) is 14.2 Å². The van der Waals surface area contributed by atoms with Gasteiger partial charge in [-0.15, -0.1) is 0 Å². The van der Waals surface area contributed by atoms with Crippen LogP contribution in [-0.2, 0) is 0 Å². The molecular formula is C9H8FNO2. The molecule has 0 aliphatic rings. The van der Waals surface area contributed by atoms with E-state index in [1.807, 2.05) is 6.07 Å². The van der Waals surface area contributed by atoms with E-state index in [1.165, 1.54) is 20.3 Å². The number of methoxy groups -OCH3 is 2. The van der Waals surface area contributed by atoms with Gasteiger partial charge in [0.15, 0.2) is 11.6 Å². The Morgan fingerprint density at radius 3 is 2.31 bits per heavy atom. The summed E-state index contributed by atoms with van der Waals surface area (Å²) in [7, 11) is 2.76. The summed E-state index contributed by atoms with van der Waals surface area (Å²) in [5.74, 6) is -0.198. The van der Waals surface area contributed by atoms with E-state index in [0.29, 0.717) is 5.75 Å². The average Bonchev–Trinajstić information content (AvgIpc) is 2.17. The lowest BCUT2D eigenvalue weighted by Crippen LogP contribution is -1.93. The maximum atomic E-state index is 13.0. The zero-order chi connectivity index (χ0) is 9.84. The molecule has 3 nitrogen and oxygen atoms in total. The van der Waals surface area contributed by atoms with Crippen LogP contribution >= 0.6 is 0 Å². The van der Waals surface area contributed by atoms with Gasteiger partial charge in [-0.05, 0) is 6.07 Å². The number of rotatable bonds is 2. The summed E-state index contributed by atoms with van der Waals surface area (Å²) in [6, 6.07) is 4.24. The minimum Gasteiger partial charge on any atom is -0.495 e. The standard InChI is InChI=1S/C9H8FNO2/c1-12-8-4-9(13-2)7(10)3-6(8)5-11/h3-4H,1-2H3. The van der Waals surface area contributed by atoms with Crippen molar-refractivity contribution >= 4 is 0 Å². The molecule has 0 bridgehead atoms. The highest BCUT2D eigenvalue weighted by atomic mass is 19.1. The molecule has 0 aromatic heterocycles. The Kier molecular flexibility index (Phi) is 2.70. The summed E-state index contributed by atoms with van der Waals surface area (Å²) in [5.41, 5.74) is 0.154. The summed E-state index contributed by atoms with van der Waals surface area (Å²) in [6.07, 6.45) is 0. The number of benzene rings is 1. The predicted molar refractivity (Wildman–Crippen MR) is 44.2 cm³/mol. The smallest absolute Gasteiger partial charge is 0.166 e. The van der Waals surface area contributed by atoms with E-state index in [4.69, 9.17) is 14.7 Å². The Balaban J connectivity index is 3.28. The highest BCUT2D eigenvalue weighted by Gasteiger charge is 2.09. The first-order valence-corrected chi connectivity index (χ1v) is 3.54. The Hall–Kier alpha value is -1.76. The number of halogens is 1. The molecule has 0 saturated carbocycles. The minimum absolute atomic E-state index is 0.0656. The third-order valence-corrected chi connectivity index (χ3v) is 1.59. The van der Waals surface area contributed by atoms with Crippen LogP contribution in [0.3, 0.4) is 0 Å². The lowest BCUT2D eigenvalue weighted by Gasteiger charge is -2.06. The second kappa shape index (κ2) is 3.76. The quantitative estimate of drug-likeness (QED) is 0.697. The van der Waals surface area contributed by atoms with E-state index >= 15 is 0 Å². The minimum atomic E-state index is -0.570. The molecule has 0 radical (unpaired) electrons. The molecule has 0 saturated heterocycles. The average molecular weight is 181 g/mol. The summed E-state index contributed by atoms with van der Waals surface area (Å²) in [6.45, 7) is 0. The topological polar surface area (TPSA) is 42.2 Å². The molecule has 0 fully saturated rings. The van der Waals surface area contributed by atoms with Gasteiger partial charge in [0.05, 0.1) is 19.8 Å². The van der Waals surface area contributed by atoms with Gasteiger partial charge in [-0.1, -0.05) is 0 Å². The van der Waals surface area contributed by atoms with E-state index in [9.17, 15) is 4.39 Å². The number of nitrogens with zero attached hydrogens (tertiary/aromatic N) is 1. The molecular weight excluding hydrogens is 173 g/mol. The second-order valence-corrected chi connectivity index (χ2v) is 2.30. The number of nitriles is 1. The van der Waals surface area contributed by atoms with Crippen molar-refractivity contribution in [3.63, 3.8) is 0 Å². The van der Waals surface area contributed by atoms with Gasteiger partial charge in [0.25, 0.3) is 0 Å². The van der Waals surface area contributed by atoms with Crippen LogP contribution in [0.2, 0.25) is 0 Å². The van der Waals surface area contributed by atoms with Gasteiger partial charge in [-0.25, -0.2) is 4.39 Å². The maximum Gasteiger partial charge on any atom is 0.166 e. The van der Waals surface area contributed by atoms with Crippen molar-refractivity contribution in [1.82, 2.24) is 0 Å². The third kappa shape index (κ3) is 1.70. The van der Waals surface area contributed by atoms with Crippen LogP contribution in [-0.4, -0.2) is 14.2 Å². The second-order valence-electron chi connectivity index (χ2n) is 2.30. The third-order valence-electron chi connectivity index (χ3n) is 1.59. The van der Waals surface area contributed by atoms with Crippen molar-refractivity contribution in [2.24, 2.45) is 0 Å². The Morgan fingerprint density at radius 2 is 1.85 bits per heavy atom. The first kappa shape index (κ1) is 9.33. The molecule has 0 aliphatic carbocycles. The fourth-order valence-corrected chi connectivity index (χ4v) is 0.947. The van der Waals surface area contributed by atoms with E-state index in [0.717, 1.165) is 6.07 Å². The zero-order valence-electron chi connectivity index (χ0n) is 7.30. The molecule has 1 aromatic rings. The molecule has 0 amide bonds. The largest absolute Gasteiger partial charge is 0.495 e. The van der Waals surface area contributed by atoms with Crippen molar-refractivity contribution < 1.29 is 13.9 Å². The fraction of sp³-hybridized carbons (Fsp3) is 0.222. The van der Waals surface area contributed by atoms with E-state index in [1.54, 1.807) is 0 Å². The summed E-state index contributed by atoms with van der Waals surface area (Å²) >= 11 is 0. The SMILES string of the molecule is COc1cc(OC)c(C#N)cc1F. The molecule has 0 aliphatic heterocycles. The van der Waals surface area contributed by atoms with Gasteiger partial charge in [-0.3, -0.25) is 0 Å². The molecule has 1 aromatic carbocycles. The number of hydrogen-bond acceptors (Lipinski definition) is 3. The highest BCUT2D eigenvalue weighted by Crippen LogP contribution is 2.26. The Labute approximate surface area is 75.3 Å². The van der Waals surface area contributed by atoms with Crippen molar-refractivity contribution in [2.45, 2.75) is 0 Å². The number of ether oxygens (including phenoxy) is 2. The fourth-order valence-electron chi connectivity index (χ4n) is 0.947. The van der Waals surface area contributed by atoms with Gasteiger partial charge < -0.3 is 9.47 Å². The van der Waals surface area contributed by atoms with Gasteiger partial charge in [0, 0.05) is 6.07 Å². The van der Waals surface area contributed by atoms with Gasteiger partial charge in [0.2, 0.25) is 0 Å². The lowest BCUT2D eigenvalue weighted by molar-refractivity contribution is 0.373. The summed E-state index contributed by atoms with van der Waals surface area (Å²) in [5, 5.41) is 8.60. The molecule has 0 unspecified atom stereocenters. The molecule has 4 heteroatoms. The molecule has 0 atom stereocenters. The molecule has 0 heterocycles. The molecule has 13 heavy (non-hydrogen) atoms. The first-order chi connectivity index (χ1) is 6.22. The summed E-state index contributed by atoms with van der Waals surface area (Å²) in [4.78, 5) is 0. The lowest BCUT2D eigenvalue weighted by atomic mass is 10.2. The van der Waals surface area contributed by atoms with Crippen LogP contribution in [0.1, 0.15) is 5.56 Å². The highest BCUT2D eigenvalue weighted by molar-refractivity contribution is 5.48. The van der Waals surface area contributed by atoms with Crippen LogP contribution in [0.15, 0.2) is 12.1 Å².